The molecule has 0 spiro atoms. The molecule has 8 heteroatoms. The van der Waals surface area contributed by atoms with Gasteiger partial charge in [0.2, 0.25) is 5.91 Å². The van der Waals surface area contributed by atoms with Crippen LogP contribution in [-0.4, -0.2) is 21.7 Å². The van der Waals surface area contributed by atoms with E-state index in [1.807, 2.05) is 0 Å². The minimum atomic E-state index is -1.19. The van der Waals surface area contributed by atoms with E-state index in [1.165, 1.54) is 21.7 Å². The molecule has 3 aromatic rings. The summed E-state index contributed by atoms with van der Waals surface area (Å²) in [6, 6.07) is 9.23. The lowest BCUT2D eigenvalue weighted by Crippen LogP contribution is -2.43. The Morgan fingerprint density at radius 2 is 1.75 bits per heavy atom. The van der Waals surface area contributed by atoms with Crippen LogP contribution in [0.15, 0.2) is 59.4 Å². The molecule has 0 bridgehead atoms. The van der Waals surface area contributed by atoms with Crippen molar-refractivity contribution >= 4 is 23.2 Å². The minimum absolute atomic E-state index is 0.197. The first-order valence-corrected chi connectivity index (χ1v) is 9.34. The molecule has 0 saturated heterocycles. The largest absolute Gasteiger partial charge is 0.368 e. The molecule has 28 heavy (non-hydrogen) atoms. The zero-order chi connectivity index (χ0) is 20.3. The van der Waals surface area contributed by atoms with Gasteiger partial charge in [0.05, 0.1) is 17.2 Å². The second kappa shape index (κ2) is 8.26. The van der Waals surface area contributed by atoms with Gasteiger partial charge in [-0.15, -0.1) is 11.3 Å². The van der Waals surface area contributed by atoms with E-state index in [-0.39, 0.29) is 5.56 Å². The van der Waals surface area contributed by atoms with E-state index in [4.69, 9.17) is 5.73 Å². The van der Waals surface area contributed by atoms with E-state index in [1.54, 1.807) is 42.6 Å². The van der Waals surface area contributed by atoms with E-state index in [0.29, 0.717) is 11.3 Å². The summed E-state index contributed by atoms with van der Waals surface area (Å²) in [6.07, 6.45) is 0. The van der Waals surface area contributed by atoms with Gasteiger partial charge in [-0.25, -0.2) is 13.8 Å². The number of benzene rings is 2. The molecule has 2 aromatic carbocycles. The molecule has 0 radical (unpaired) electrons. The topological polar surface area (TPSA) is 76.3 Å². The molecule has 0 aliphatic rings. The minimum Gasteiger partial charge on any atom is -0.368 e. The molecule has 0 aliphatic carbocycles. The molecule has 2 N–H and O–H groups in total. The quantitative estimate of drug-likeness (QED) is 0.682. The fraction of sp³-hybridized carbons (Fsp3) is 0.150. The summed E-state index contributed by atoms with van der Waals surface area (Å²) >= 11 is 1.25. The normalized spacial score (nSPS) is 13.0. The molecule has 2 atom stereocenters. The number of aromatic nitrogens is 1. The second-order valence-electron chi connectivity index (χ2n) is 6.18. The molecule has 2 amide bonds. The Morgan fingerprint density at radius 3 is 2.29 bits per heavy atom. The highest BCUT2D eigenvalue weighted by atomic mass is 32.1. The zero-order valence-corrected chi connectivity index (χ0v) is 15.7. The summed E-state index contributed by atoms with van der Waals surface area (Å²) < 4.78 is 27.5. The molecule has 0 unspecified atom stereocenters. The number of hydrogen-bond acceptors (Lipinski definition) is 4. The lowest BCUT2D eigenvalue weighted by Gasteiger charge is -2.34. The number of carbonyl (C=O) groups is 2. The van der Waals surface area contributed by atoms with Crippen LogP contribution in [0, 0.1) is 11.6 Å². The molecular formula is C20H17F2N3O2S. The maximum Gasteiger partial charge on any atom is 0.255 e. The maximum absolute atomic E-state index is 13.8. The predicted molar refractivity (Wildman–Crippen MR) is 101 cm³/mol. The van der Waals surface area contributed by atoms with Gasteiger partial charge in [-0.1, -0.05) is 18.2 Å². The van der Waals surface area contributed by atoms with E-state index < -0.39 is 35.5 Å². The third-order valence-electron chi connectivity index (χ3n) is 4.32. The molecule has 5 nitrogen and oxygen atoms in total. The van der Waals surface area contributed by atoms with Crippen molar-refractivity contribution in [1.29, 1.82) is 0 Å². The number of thiazole rings is 1. The number of amides is 2. The van der Waals surface area contributed by atoms with Crippen LogP contribution in [0.25, 0.3) is 0 Å². The molecule has 0 fully saturated rings. The maximum atomic E-state index is 13.8. The SMILES string of the molecule is C[C@H](c1cc(F)cc(F)c1)N(C(=O)c1ccccc1)[C@@H](C(N)=O)c1cscn1. The monoisotopic (exact) mass is 401 g/mol. The smallest absolute Gasteiger partial charge is 0.255 e. The Labute approximate surface area is 164 Å². The number of nitrogens with zero attached hydrogens (tertiary/aromatic N) is 2. The fourth-order valence-corrected chi connectivity index (χ4v) is 3.58. The van der Waals surface area contributed by atoms with Crippen molar-refractivity contribution in [2.75, 3.05) is 0 Å². The lowest BCUT2D eigenvalue weighted by molar-refractivity contribution is -0.123. The van der Waals surface area contributed by atoms with Crippen molar-refractivity contribution in [3.63, 3.8) is 0 Å². The molecule has 0 aliphatic heterocycles. The highest BCUT2D eigenvalue weighted by Crippen LogP contribution is 2.33. The lowest BCUT2D eigenvalue weighted by atomic mass is 10.0. The Hall–Kier alpha value is -3.13. The van der Waals surface area contributed by atoms with Gasteiger partial charge in [0.25, 0.3) is 5.91 Å². The van der Waals surface area contributed by atoms with Gasteiger partial charge in [0.1, 0.15) is 11.6 Å². The molecule has 0 saturated carbocycles. The summed E-state index contributed by atoms with van der Waals surface area (Å²) in [7, 11) is 0. The van der Waals surface area contributed by atoms with Crippen LogP contribution in [0.1, 0.15) is 40.6 Å². The summed E-state index contributed by atoms with van der Waals surface area (Å²) in [4.78, 5) is 30.9. The van der Waals surface area contributed by atoms with Gasteiger partial charge in [-0.3, -0.25) is 9.59 Å². The highest BCUT2D eigenvalue weighted by molar-refractivity contribution is 7.07. The number of halogens is 2. The molecular weight excluding hydrogens is 384 g/mol. The molecule has 3 rings (SSSR count). The summed E-state index contributed by atoms with van der Waals surface area (Å²) in [5.41, 5.74) is 7.93. The van der Waals surface area contributed by atoms with Crippen molar-refractivity contribution in [3.05, 3.63) is 87.9 Å². The van der Waals surface area contributed by atoms with Crippen molar-refractivity contribution < 1.29 is 18.4 Å². The van der Waals surface area contributed by atoms with Gasteiger partial charge in [0, 0.05) is 17.0 Å². The number of rotatable bonds is 6. The standard InChI is InChI=1S/C20H17F2N3O2S/c1-12(14-7-15(21)9-16(22)8-14)25(20(27)13-5-3-2-4-6-13)18(19(23)26)17-10-28-11-24-17/h2-12,18H,1H3,(H2,23,26)/t12-,18-/m1/s1. The van der Waals surface area contributed by atoms with Gasteiger partial charge in [-0.05, 0) is 36.8 Å². The van der Waals surface area contributed by atoms with Gasteiger partial charge in [0.15, 0.2) is 6.04 Å². The van der Waals surface area contributed by atoms with Crippen molar-refractivity contribution in [2.45, 2.75) is 19.0 Å². The van der Waals surface area contributed by atoms with Crippen LogP contribution in [0.5, 0.6) is 0 Å². The highest BCUT2D eigenvalue weighted by Gasteiger charge is 2.36. The van der Waals surface area contributed by atoms with Crippen molar-refractivity contribution in [1.82, 2.24) is 9.88 Å². The first-order valence-electron chi connectivity index (χ1n) is 8.39. The van der Waals surface area contributed by atoms with E-state index in [9.17, 15) is 18.4 Å². The van der Waals surface area contributed by atoms with Crippen LogP contribution in [-0.2, 0) is 4.79 Å². The van der Waals surface area contributed by atoms with E-state index in [2.05, 4.69) is 4.98 Å². The Bertz CT molecular complexity index is 960. The van der Waals surface area contributed by atoms with Gasteiger partial charge in [-0.2, -0.15) is 0 Å². The predicted octanol–water partition coefficient (Wildman–Crippen LogP) is 3.85. The third-order valence-corrected chi connectivity index (χ3v) is 4.92. The van der Waals surface area contributed by atoms with Gasteiger partial charge < -0.3 is 10.6 Å². The summed E-state index contributed by atoms with van der Waals surface area (Å²) in [6.45, 7) is 1.58. The first kappa shape index (κ1) is 19.6. The third kappa shape index (κ3) is 4.07. The fourth-order valence-electron chi connectivity index (χ4n) is 3.01. The van der Waals surface area contributed by atoms with Gasteiger partial charge >= 0.3 is 0 Å². The molecule has 1 heterocycles. The number of primary amides is 1. The average molecular weight is 401 g/mol. The van der Waals surface area contributed by atoms with Crippen LogP contribution < -0.4 is 5.73 Å². The Morgan fingerprint density at radius 1 is 1.11 bits per heavy atom. The van der Waals surface area contributed by atoms with Crippen LogP contribution in [0.4, 0.5) is 8.78 Å². The summed E-state index contributed by atoms with van der Waals surface area (Å²) in [5.74, 6) is -2.86. The number of hydrogen-bond donors (Lipinski definition) is 1. The Kier molecular flexibility index (Phi) is 5.79. The van der Waals surface area contributed by atoms with E-state index in [0.717, 1.165) is 18.2 Å². The van der Waals surface area contributed by atoms with Crippen molar-refractivity contribution in [2.24, 2.45) is 5.73 Å². The second-order valence-corrected chi connectivity index (χ2v) is 6.89. The van der Waals surface area contributed by atoms with Crippen molar-refractivity contribution in [3.8, 4) is 0 Å². The van der Waals surface area contributed by atoms with Crippen LogP contribution in [0.3, 0.4) is 0 Å². The molecule has 144 valence electrons. The average Bonchev–Trinajstić information content (AvgIpc) is 3.18. The Balaban J connectivity index is 2.13. The van der Waals surface area contributed by atoms with Crippen LogP contribution in [0.2, 0.25) is 0 Å². The van der Waals surface area contributed by atoms with Crippen LogP contribution >= 0.6 is 11.3 Å². The van der Waals surface area contributed by atoms with E-state index >= 15 is 0 Å². The number of carbonyl (C=O) groups excluding carboxylic acids is 2. The first-order chi connectivity index (χ1) is 13.4. The molecule has 1 aromatic heterocycles. The zero-order valence-electron chi connectivity index (χ0n) is 14.9. The number of nitrogens with two attached hydrogens (primary N) is 1. The summed E-state index contributed by atoms with van der Waals surface area (Å²) in [5, 5.41) is 1.61.